The first-order valence-electron chi connectivity index (χ1n) is 3.38. The number of anilines is 1. The number of nitrogens with one attached hydrogen (secondary N) is 1. The average molecular weight is 246 g/mol. The molecule has 1 aromatic carbocycles. The molecule has 0 aliphatic heterocycles. The summed E-state index contributed by atoms with van der Waals surface area (Å²) in [6, 6.07) is 7.60. The molecule has 0 aliphatic carbocycles. The number of hydrogen-bond acceptors (Lipinski definition) is 2. The molecular weight excluding hydrogens is 238 g/mol. The summed E-state index contributed by atoms with van der Waals surface area (Å²) in [4.78, 5) is 11.8. The van der Waals surface area contributed by atoms with Gasteiger partial charge in [-0.15, -0.1) is 0 Å². The van der Waals surface area contributed by atoms with Crippen LogP contribution in [0.1, 0.15) is 6.92 Å². The highest BCUT2D eigenvalue weighted by molar-refractivity contribution is 9.50. The molecule has 0 fully saturated rings. The van der Waals surface area contributed by atoms with Crippen molar-refractivity contribution < 1.29 is 4.79 Å². The Labute approximate surface area is 82.9 Å². The van der Waals surface area contributed by atoms with E-state index in [1.165, 1.54) is 17.1 Å². The molecule has 0 aliphatic rings. The standard InChI is InChI=1S/C8H8BrNOS/c1-6(11)10-7-2-4-8(12-9)5-3-7/h2-5H,1H3,(H,10,11). The fourth-order valence-corrected chi connectivity index (χ4v) is 1.68. The molecule has 1 amide bonds. The van der Waals surface area contributed by atoms with E-state index in [2.05, 4.69) is 20.1 Å². The van der Waals surface area contributed by atoms with Gasteiger partial charge in [0.15, 0.2) is 0 Å². The normalized spacial score (nSPS) is 9.50. The third-order valence-corrected chi connectivity index (χ3v) is 2.84. The van der Waals surface area contributed by atoms with Crippen LogP contribution < -0.4 is 5.32 Å². The van der Waals surface area contributed by atoms with E-state index in [0.717, 1.165) is 10.6 Å². The Kier molecular flexibility index (Phi) is 3.62. The van der Waals surface area contributed by atoms with Crippen LogP contribution in [0.2, 0.25) is 0 Å². The van der Waals surface area contributed by atoms with Gasteiger partial charge < -0.3 is 5.32 Å². The van der Waals surface area contributed by atoms with Crippen molar-refractivity contribution in [3.05, 3.63) is 24.3 Å². The van der Waals surface area contributed by atoms with Crippen molar-refractivity contribution in [1.82, 2.24) is 0 Å². The summed E-state index contributed by atoms with van der Waals surface area (Å²) in [6.45, 7) is 1.49. The van der Waals surface area contributed by atoms with Gasteiger partial charge in [0.05, 0.1) is 0 Å². The van der Waals surface area contributed by atoms with E-state index in [4.69, 9.17) is 0 Å². The highest BCUT2D eigenvalue weighted by Crippen LogP contribution is 2.25. The molecule has 1 N–H and O–H groups in total. The lowest BCUT2D eigenvalue weighted by molar-refractivity contribution is -0.114. The van der Waals surface area contributed by atoms with Crippen LogP contribution in [0.5, 0.6) is 0 Å². The molecule has 0 atom stereocenters. The monoisotopic (exact) mass is 245 g/mol. The molecule has 1 aromatic rings. The maximum Gasteiger partial charge on any atom is 0.221 e. The van der Waals surface area contributed by atoms with Gasteiger partial charge in [-0.1, -0.05) is 0 Å². The van der Waals surface area contributed by atoms with Crippen LogP contribution in [0.3, 0.4) is 0 Å². The zero-order valence-electron chi connectivity index (χ0n) is 6.50. The Morgan fingerprint density at radius 3 is 2.42 bits per heavy atom. The van der Waals surface area contributed by atoms with Crippen LogP contribution >= 0.6 is 25.0 Å². The van der Waals surface area contributed by atoms with Crippen molar-refractivity contribution in [3.63, 3.8) is 0 Å². The highest BCUT2D eigenvalue weighted by Gasteiger charge is 1.94. The molecule has 64 valence electrons. The Balaban J connectivity index is 2.71. The van der Waals surface area contributed by atoms with E-state index in [9.17, 15) is 4.79 Å². The van der Waals surface area contributed by atoms with Gasteiger partial charge in [-0.3, -0.25) is 4.79 Å². The van der Waals surface area contributed by atoms with Crippen LogP contribution in [0.4, 0.5) is 5.69 Å². The minimum absolute atomic E-state index is 0.0470. The summed E-state index contributed by atoms with van der Waals surface area (Å²) in [6.07, 6.45) is 0. The van der Waals surface area contributed by atoms with E-state index >= 15 is 0 Å². The molecule has 0 radical (unpaired) electrons. The lowest BCUT2D eigenvalue weighted by Crippen LogP contribution is -2.05. The van der Waals surface area contributed by atoms with Crippen molar-refractivity contribution in [1.29, 1.82) is 0 Å². The van der Waals surface area contributed by atoms with Gasteiger partial charge in [0.1, 0.15) is 0 Å². The summed E-state index contributed by atoms with van der Waals surface area (Å²) in [5, 5.41) is 2.69. The molecule has 0 heterocycles. The maximum atomic E-state index is 10.6. The van der Waals surface area contributed by atoms with Gasteiger partial charge in [0.25, 0.3) is 0 Å². The predicted molar refractivity (Wildman–Crippen MR) is 55.5 cm³/mol. The van der Waals surface area contributed by atoms with Crippen molar-refractivity contribution in [2.24, 2.45) is 0 Å². The van der Waals surface area contributed by atoms with Crippen molar-refractivity contribution >= 4 is 36.6 Å². The summed E-state index contributed by atoms with van der Waals surface area (Å²) < 4.78 is 0. The Bertz CT molecular complexity index is 273. The first-order chi connectivity index (χ1) is 5.72. The summed E-state index contributed by atoms with van der Waals surface area (Å²) >= 11 is 3.26. The fourth-order valence-electron chi connectivity index (χ4n) is 0.793. The molecule has 0 saturated heterocycles. The van der Waals surface area contributed by atoms with Gasteiger partial charge in [-0.05, 0) is 49.3 Å². The number of halogens is 1. The van der Waals surface area contributed by atoms with Gasteiger partial charge in [0.2, 0.25) is 5.91 Å². The molecule has 4 heteroatoms. The van der Waals surface area contributed by atoms with Crippen molar-refractivity contribution in [3.8, 4) is 0 Å². The quantitative estimate of drug-likeness (QED) is 0.868. The lowest BCUT2D eigenvalue weighted by atomic mass is 10.3. The topological polar surface area (TPSA) is 29.1 Å². The Hall–Kier alpha value is -0.480. The minimum Gasteiger partial charge on any atom is -0.326 e. The van der Waals surface area contributed by atoms with E-state index in [-0.39, 0.29) is 5.91 Å². The third kappa shape index (κ3) is 2.87. The molecule has 0 saturated carbocycles. The van der Waals surface area contributed by atoms with E-state index in [0.29, 0.717) is 0 Å². The number of rotatable bonds is 2. The second kappa shape index (κ2) is 4.52. The molecule has 1 rings (SSSR count). The fraction of sp³-hybridized carbons (Fsp3) is 0.125. The van der Waals surface area contributed by atoms with Crippen molar-refractivity contribution in [2.75, 3.05) is 5.32 Å². The van der Waals surface area contributed by atoms with Gasteiger partial charge in [-0.25, -0.2) is 0 Å². The Morgan fingerprint density at radius 2 is 2.00 bits per heavy atom. The smallest absolute Gasteiger partial charge is 0.221 e. The van der Waals surface area contributed by atoms with Gasteiger partial charge in [-0.2, -0.15) is 0 Å². The average Bonchev–Trinajstić information content (AvgIpc) is 2.05. The molecule has 0 unspecified atom stereocenters. The minimum atomic E-state index is -0.0470. The van der Waals surface area contributed by atoms with Crippen LogP contribution in [0, 0.1) is 0 Å². The molecule has 0 bridgehead atoms. The van der Waals surface area contributed by atoms with E-state index in [1.807, 2.05) is 24.3 Å². The van der Waals surface area contributed by atoms with E-state index < -0.39 is 0 Å². The van der Waals surface area contributed by atoms with Crippen molar-refractivity contribution in [2.45, 2.75) is 11.8 Å². The van der Waals surface area contributed by atoms with Gasteiger partial charge >= 0.3 is 0 Å². The second-order valence-electron chi connectivity index (χ2n) is 2.28. The SMILES string of the molecule is CC(=O)Nc1ccc(SBr)cc1. The summed E-state index contributed by atoms with van der Waals surface area (Å²) in [7, 11) is 1.50. The zero-order chi connectivity index (χ0) is 8.97. The van der Waals surface area contributed by atoms with Crippen LogP contribution in [-0.2, 0) is 4.79 Å². The number of carbonyl (C=O) groups is 1. The van der Waals surface area contributed by atoms with E-state index in [1.54, 1.807) is 0 Å². The third-order valence-electron chi connectivity index (χ3n) is 1.26. The number of benzene rings is 1. The molecule has 12 heavy (non-hydrogen) atoms. The lowest BCUT2D eigenvalue weighted by Gasteiger charge is -2.01. The highest BCUT2D eigenvalue weighted by atomic mass is 79.9. The van der Waals surface area contributed by atoms with Crippen LogP contribution in [-0.4, -0.2) is 5.91 Å². The molecular formula is C8H8BrNOS. The number of carbonyl (C=O) groups excluding carboxylic acids is 1. The number of amides is 1. The Morgan fingerprint density at radius 1 is 1.42 bits per heavy atom. The molecule has 2 nitrogen and oxygen atoms in total. The molecule has 0 aromatic heterocycles. The summed E-state index contributed by atoms with van der Waals surface area (Å²) in [5.41, 5.74) is 0.827. The molecule has 0 spiro atoms. The first-order valence-corrected chi connectivity index (χ1v) is 6.04. The predicted octanol–water partition coefficient (Wildman–Crippen LogP) is 3.05. The van der Waals surface area contributed by atoms with Crippen LogP contribution in [0.15, 0.2) is 29.2 Å². The first kappa shape index (κ1) is 9.61. The number of hydrogen-bond donors (Lipinski definition) is 1. The maximum absolute atomic E-state index is 10.6. The zero-order valence-corrected chi connectivity index (χ0v) is 8.91. The van der Waals surface area contributed by atoms with Gasteiger partial charge in [0, 0.05) is 17.5 Å². The second-order valence-corrected chi connectivity index (χ2v) is 3.88. The van der Waals surface area contributed by atoms with Crippen LogP contribution in [0.25, 0.3) is 0 Å². The largest absolute Gasteiger partial charge is 0.326 e. The summed E-state index contributed by atoms with van der Waals surface area (Å²) in [5.74, 6) is -0.0470.